The van der Waals surface area contributed by atoms with Crippen LogP contribution in [0.4, 0.5) is 0 Å². The number of hydrogen-bond donors (Lipinski definition) is 6. The molecular weight excluding hydrogens is 812 g/mol. The third-order valence-electron chi connectivity index (χ3n) is 12.1. The molecule has 13 heteroatoms. The van der Waals surface area contributed by atoms with Gasteiger partial charge in [0.1, 0.15) is 42.7 Å². The third kappa shape index (κ3) is 31.9. The Morgan fingerprint density at radius 2 is 0.855 bits per heavy atom. The number of unbranched alkanes of at least 4 members (excludes halogenated alkanes) is 30. The molecule has 1 rings (SSSR count). The minimum atomic E-state index is -5.02. The van der Waals surface area contributed by atoms with E-state index in [1.54, 1.807) is 0 Å². The maximum atomic E-state index is 12.8. The standard InChI is InChI=1S/C49H95O12P/c1-3-5-7-9-11-13-15-17-18-19-20-21-22-23-24-25-26-27-29-31-33-35-37-39-58-40-42(60-43(50)38-36-34-32-30-28-16-14-12-10-8-6-4-2)41-59-62(56,57)61-49-47(54)45(52)44(51)46(53)48(49)55/h12,14,42,44-49,51-55H,3-11,13,15-41H2,1-2H3,(H,56,57)/b14-12-. The Morgan fingerprint density at radius 3 is 1.31 bits per heavy atom. The summed E-state index contributed by atoms with van der Waals surface area (Å²) in [5, 5.41) is 50.2. The molecule has 6 N–H and O–H groups in total. The molecule has 0 bridgehead atoms. The fourth-order valence-corrected chi connectivity index (χ4v) is 9.03. The number of rotatable bonds is 44. The highest BCUT2D eigenvalue weighted by molar-refractivity contribution is 7.47. The van der Waals surface area contributed by atoms with E-state index < -0.39 is 63.1 Å². The van der Waals surface area contributed by atoms with E-state index in [4.69, 9.17) is 18.5 Å². The van der Waals surface area contributed by atoms with Gasteiger partial charge in [0.25, 0.3) is 0 Å². The number of aliphatic hydroxyl groups is 5. The lowest BCUT2D eigenvalue weighted by molar-refractivity contribution is -0.220. The van der Waals surface area contributed by atoms with Gasteiger partial charge in [-0.3, -0.25) is 13.8 Å². The van der Waals surface area contributed by atoms with E-state index in [0.29, 0.717) is 13.0 Å². The summed E-state index contributed by atoms with van der Waals surface area (Å²) in [7, 11) is -5.02. The molecule has 0 aromatic heterocycles. The summed E-state index contributed by atoms with van der Waals surface area (Å²) >= 11 is 0. The van der Waals surface area contributed by atoms with Gasteiger partial charge >= 0.3 is 13.8 Å². The molecule has 0 aliphatic heterocycles. The van der Waals surface area contributed by atoms with Crippen LogP contribution in [0.15, 0.2) is 12.2 Å². The Labute approximate surface area is 377 Å². The lowest BCUT2D eigenvalue weighted by Crippen LogP contribution is -2.64. The van der Waals surface area contributed by atoms with Crippen LogP contribution in [0.2, 0.25) is 0 Å². The van der Waals surface area contributed by atoms with Crippen LogP contribution in [0.25, 0.3) is 0 Å². The van der Waals surface area contributed by atoms with Crippen LogP contribution < -0.4 is 0 Å². The maximum absolute atomic E-state index is 12.8. The van der Waals surface area contributed by atoms with E-state index in [-0.39, 0.29) is 13.0 Å². The van der Waals surface area contributed by atoms with Crippen LogP contribution in [-0.2, 0) is 27.9 Å². The fourth-order valence-electron chi connectivity index (χ4n) is 8.06. The molecule has 0 aromatic rings. The summed E-state index contributed by atoms with van der Waals surface area (Å²) in [6.07, 6.45) is 33.0. The Morgan fingerprint density at radius 1 is 0.500 bits per heavy atom. The van der Waals surface area contributed by atoms with Crippen LogP contribution in [0, 0.1) is 0 Å². The topological polar surface area (TPSA) is 192 Å². The molecule has 368 valence electrons. The van der Waals surface area contributed by atoms with Crippen LogP contribution in [0.1, 0.15) is 232 Å². The minimum Gasteiger partial charge on any atom is -0.457 e. The highest BCUT2D eigenvalue weighted by Gasteiger charge is 2.51. The average Bonchev–Trinajstić information content (AvgIpc) is 3.26. The van der Waals surface area contributed by atoms with E-state index in [0.717, 1.165) is 57.8 Å². The number of carbonyl (C=O) groups is 1. The molecule has 1 aliphatic rings. The number of hydrogen-bond acceptors (Lipinski definition) is 11. The first-order valence-corrected chi connectivity index (χ1v) is 27.0. The highest BCUT2D eigenvalue weighted by atomic mass is 31.2. The normalized spacial score (nSPS) is 22.0. The summed E-state index contributed by atoms with van der Waals surface area (Å²) in [5.74, 6) is -0.483. The number of allylic oxidation sites excluding steroid dienone is 2. The number of phosphoric acid groups is 1. The van der Waals surface area contributed by atoms with Crippen molar-refractivity contribution in [1.82, 2.24) is 0 Å². The lowest BCUT2D eigenvalue weighted by atomic mass is 9.85. The highest BCUT2D eigenvalue weighted by Crippen LogP contribution is 2.47. The summed E-state index contributed by atoms with van der Waals surface area (Å²) in [4.78, 5) is 23.2. The van der Waals surface area contributed by atoms with Gasteiger partial charge in [0.2, 0.25) is 0 Å². The Hall–Kier alpha value is -0.920. The zero-order valence-corrected chi connectivity index (χ0v) is 40.3. The molecule has 0 saturated heterocycles. The van der Waals surface area contributed by atoms with Crippen molar-refractivity contribution in [3.63, 3.8) is 0 Å². The molecule has 0 aromatic carbocycles. The Balaban J connectivity index is 2.28. The van der Waals surface area contributed by atoms with Crippen molar-refractivity contribution in [2.24, 2.45) is 0 Å². The summed E-state index contributed by atoms with van der Waals surface area (Å²) in [5.41, 5.74) is 0. The summed E-state index contributed by atoms with van der Waals surface area (Å²) < 4.78 is 34.2. The second kappa shape index (κ2) is 40.4. The molecule has 1 fully saturated rings. The van der Waals surface area contributed by atoms with Crippen LogP contribution >= 0.6 is 7.82 Å². The minimum absolute atomic E-state index is 0.0741. The summed E-state index contributed by atoms with van der Waals surface area (Å²) in [6, 6.07) is 0. The van der Waals surface area contributed by atoms with Gasteiger partial charge in [-0.15, -0.1) is 0 Å². The molecule has 6 unspecified atom stereocenters. The number of esters is 1. The molecule has 0 spiro atoms. The lowest BCUT2D eigenvalue weighted by Gasteiger charge is -2.41. The fraction of sp³-hybridized carbons (Fsp3) is 0.939. The van der Waals surface area contributed by atoms with Gasteiger partial charge in [-0.05, 0) is 38.5 Å². The van der Waals surface area contributed by atoms with Gasteiger partial charge in [0, 0.05) is 13.0 Å². The second-order valence-corrected chi connectivity index (χ2v) is 19.4. The first-order chi connectivity index (χ1) is 30.0. The largest absolute Gasteiger partial charge is 0.472 e. The van der Waals surface area contributed by atoms with E-state index in [9.17, 15) is 39.8 Å². The van der Waals surface area contributed by atoms with E-state index >= 15 is 0 Å². The predicted octanol–water partition coefficient (Wildman–Crippen LogP) is 11.1. The van der Waals surface area contributed by atoms with Crippen LogP contribution in [0.3, 0.4) is 0 Å². The van der Waals surface area contributed by atoms with Gasteiger partial charge in [-0.2, -0.15) is 0 Å². The van der Waals surface area contributed by atoms with E-state index in [1.807, 2.05) is 0 Å². The molecule has 6 atom stereocenters. The number of phosphoric ester groups is 1. The Kier molecular flexibility index (Phi) is 38.5. The summed E-state index contributed by atoms with van der Waals surface area (Å²) in [6.45, 7) is 4.26. The van der Waals surface area contributed by atoms with Gasteiger partial charge in [0.05, 0.1) is 13.2 Å². The smallest absolute Gasteiger partial charge is 0.457 e. The van der Waals surface area contributed by atoms with E-state index in [2.05, 4.69) is 26.0 Å². The van der Waals surface area contributed by atoms with Crippen molar-refractivity contribution in [3.8, 4) is 0 Å². The number of aliphatic hydroxyl groups excluding tert-OH is 5. The van der Waals surface area contributed by atoms with Gasteiger partial charge in [-0.25, -0.2) is 4.57 Å². The molecule has 1 aliphatic carbocycles. The first-order valence-electron chi connectivity index (χ1n) is 25.5. The molecule has 62 heavy (non-hydrogen) atoms. The van der Waals surface area contributed by atoms with Gasteiger partial charge < -0.3 is 39.9 Å². The third-order valence-corrected chi connectivity index (χ3v) is 13.1. The van der Waals surface area contributed by atoms with Crippen LogP contribution in [0.5, 0.6) is 0 Å². The Bertz CT molecular complexity index is 1080. The molecule has 1 saturated carbocycles. The van der Waals surface area contributed by atoms with E-state index in [1.165, 1.54) is 148 Å². The van der Waals surface area contributed by atoms with Crippen molar-refractivity contribution in [2.45, 2.75) is 275 Å². The number of carbonyl (C=O) groups excluding carboxylic acids is 1. The monoisotopic (exact) mass is 907 g/mol. The molecule has 0 heterocycles. The van der Waals surface area contributed by atoms with Crippen LogP contribution in [-0.4, -0.2) is 98.9 Å². The average molecular weight is 907 g/mol. The quantitative estimate of drug-likeness (QED) is 0.0147. The van der Waals surface area contributed by atoms with Crippen molar-refractivity contribution in [1.29, 1.82) is 0 Å². The first kappa shape index (κ1) is 59.1. The SMILES string of the molecule is CCCCC/C=C\CCCCCCCC(=O)OC(COCCCCCCCCCCCCCCCCCCCCCCCCC)COP(=O)(O)OC1C(O)C(O)C(O)C(O)C1O. The second-order valence-electron chi connectivity index (χ2n) is 18.0. The number of ether oxygens (including phenoxy) is 2. The zero-order valence-electron chi connectivity index (χ0n) is 39.4. The van der Waals surface area contributed by atoms with Crippen molar-refractivity contribution in [3.05, 3.63) is 12.2 Å². The van der Waals surface area contributed by atoms with Crippen molar-refractivity contribution >= 4 is 13.8 Å². The van der Waals surface area contributed by atoms with Gasteiger partial charge in [-0.1, -0.05) is 199 Å². The molecular formula is C49H95O12P. The maximum Gasteiger partial charge on any atom is 0.472 e. The van der Waals surface area contributed by atoms with Gasteiger partial charge in [0.15, 0.2) is 0 Å². The predicted molar refractivity (Wildman–Crippen MR) is 249 cm³/mol. The zero-order chi connectivity index (χ0) is 45.5. The molecule has 0 amide bonds. The molecule has 0 radical (unpaired) electrons. The molecule has 12 nitrogen and oxygen atoms in total. The van der Waals surface area contributed by atoms with Crippen molar-refractivity contribution in [2.75, 3.05) is 19.8 Å². The van der Waals surface area contributed by atoms with Crippen molar-refractivity contribution < 1.29 is 58.3 Å².